The molecule has 0 saturated carbocycles. The van der Waals surface area contributed by atoms with Gasteiger partial charge in [-0.05, 0) is 40.8 Å². The van der Waals surface area contributed by atoms with Crippen molar-refractivity contribution in [1.82, 2.24) is 0 Å². The van der Waals surface area contributed by atoms with Crippen LogP contribution < -0.4 is 4.74 Å². The van der Waals surface area contributed by atoms with E-state index in [4.69, 9.17) is 4.74 Å². The van der Waals surface area contributed by atoms with Crippen LogP contribution in [0.5, 0.6) is 5.75 Å². The van der Waals surface area contributed by atoms with Gasteiger partial charge in [0.15, 0.2) is 0 Å². The van der Waals surface area contributed by atoms with Crippen LogP contribution in [0, 0.1) is 0 Å². The van der Waals surface area contributed by atoms with Gasteiger partial charge in [-0.2, -0.15) is 0 Å². The molecular weight excluding hydrogens is 280 g/mol. The third kappa shape index (κ3) is 4.10. The molecule has 0 heterocycles. The maximum atomic E-state index is 5.27. The average molecular weight is 300 g/mol. The highest BCUT2D eigenvalue weighted by Crippen LogP contribution is 2.24. The van der Waals surface area contributed by atoms with Gasteiger partial charge >= 0.3 is 0 Å². The number of benzene rings is 3. The zero-order valence-corrected chi connectivity index (χ0v) is 13.3. The van der Waals surface area contributed by atoms with E-state index in [0.29, 0.717) is 0 Å². The van der Waals surface area contributed by atoms with Crippen molar-refractivity contribution in [3.8, 4) is 5.75 Å². The predicted molar refractivity (Wildman–Crippen MR) is 97.5 cm³/mol. The Morgan fingerprint density at radius 1 is 0.783 bits per heavy atom. The summed E-state index contributed by atoms with van der Waals surface area (Å²) in [6, 6.07) is 29.3. The van der Waals surface area contributed by atoms with E-state index in [-0.39, 0.29) is 0 Å². The monoisotopic (exact) mass is 300 g/mol. The van der Waals surface area contributed by atoms with Crippen molar-refractivity contribution >= 4 is 11.6 Å². The first kappa shape index (κ1) is 15.1. The molecule has 0 radical (unpaired) electrons. The Morgan fingerprint density at radius 2 is 1.39 bits per heavy atom. The Labute approximate surface area is 137 Å². The lowest BCUT2D eigenvalue weighted by molar-refractivity contribution is 0.415. The normalized spacial score (nSPS) is 11.3. The summed E-state index contributed by atoms with van der Waals surface area (Å²) in [6.07, 6.45) is 3.16. The van der Waals surface area contributed by atoms with E-state index in [0.717, 1.165) is 12.2 Å². The summed E-state index contributed by atoms with van der Waals surface area (Å²) in [7, 11) is 1.69. The van der Waals surface area contributed by atoms with Crippen LogP contribution in [0.4, 0.5) is 0 Å². The van der Waals surface area contributed by atoms with Crippen molar-refractivity contribution in [3.63, 3.8) is 0 Å². The fraction of sp³-hybridized carbons (Fsp3) is 0.0909. The van der Waals surface area contributed by atoms with Crippen molar-refractivity contribution in [3.05, 3.63) is 102 Å². The van der Waals surface area contributed by atoms with Crippen molar-refractivity contribution in [2.24, 2.45) is 0 Å². The van der Waals surface area contributed by atoms with E-state index >= 15 is 0 Å². The standard InChI is InChI=1S/C22H20O/c1-23-22-14-12-20(13-15-22)21(16-18-8-4-2-5-9-18)17-19-10-6-3-7-11-19/h2-16H,17H2,1H3/b21-16-. The zero-order valence-electron chi connectivity index (χ0n) is 13.3. The first-order valence-electron chi connectivity index (χ1n) is 7.79. The van der Waals surface area contributed by atoms with Crippen LogP contribution in [0.2, 0.25) is 0 Å². The van der Waals surface area contributed by atoms with E-state index in [2.05, 4.69) is 72.8 Å². The fourth-order valence-electron chi connectivity index (χ4n) is 2.61. The Morgan fingerprint density at radius 3 is 2.00 bits per heavy atom. The zero-order chi connectivity index (χ0) is 15.9. The minimum absolute atomic E-state index is 0.882. The van der Waals surface area contributed by atoms with Crippen LogP contribution >= 0.6 is 0 Å². The van der Waals surface area contributed by atoms with Gasteiger partial charge in [0.05, 0.1) is 7.11 Å². The molecule has 0 aliphatic carbocycles. The molecule has 0 unspecified atom stereocenters. The van der Waals surface area contributed by atoms with Crippen LogP contribution in [-0.2, 0) is 6.42 Å². The molecule has 0 saturated heterocycles. The highest BCUT2D eigenvalue weighted by molar-refractivity contribution is 5.82. The highest BCUT2D eigenvalue weighted by atomic mass is 16.5. The summed E-state index contributed by atoms with van der Waals surface area (Å²) in [5.41, 5.74) is 5.04. The number of hydrogen-bond acceptors (Lipinski definition) is 1. The smallest absolute Gasteiger partial charge is 0.118 e. The quantitative estimate of drug-likeness (QED) is 0.567. The second kappa shape index (κ2) is 7.46. The summed E-state index contributed by atoms with van der Waals surface area (Å²) in [6.45, 7) is 0. The summed E-state index contributed by atoms with van der Waals surface area (Å²) in [4.78, 5) is 0. The molecule has 0 amide bonds. The van der Waals surface area contributed by atoms with Gasteiger partial charge < -0.3 is 4.74 Å². The molecule has 1 nitrogen and oxygen atoms in total. The minimum Gasteiger partial charge on any atom is -0.497 e. The molecule has 0 aliphatic heterocycles. The number of ether oxygens (including phenoxy) is 1. The molecule has 0 aliphatic rings. The molecular formula is C22H20O. The molecule has 1 heteroatoms. The predicted octanol–water partition coefficient (Wildman–Crippen LogP) is 5.48. The molecule has 114 valence electrons. The Bertz CT molecular complexity index is 756. The molecule has 0 bridgehead atoms. The van der Waals surface area contributed by atoms with Crippen LogP contribution in [0.15, 0.2) is 84.9 Å². The molecule has 3 aromatic carbocycles. The number of methoxy groups -OCH3 is 1. The van der Waals surface area contributed by atoms with Gasteiger partial charge in [-0.1, -0.05) is 78.9 Å². The van der Waals surface area contributed by atoms with E-state index in [1.807, 2.05) is 18.2 Å². The third-order valence-electron chi connectivity index (χ3n) is 3.84. The van der Waals surface area contributed by atoms with E-state index in [9.17, 15) is 0 Å². The van der Waals surface area contributed by atoms with Gasteiger partial charge in [0.2, 0.25) is 0 Å². The molecule has 0 N–H and O–H groups in total. The number of hydrogen-bond donors (Lipinski definition) is 0. The Hall–Kier alpha value is -2.80. The second-order valence-electron chi connectivity index (χ2n) is 5.47. The fourth-order valence-corrected chi connectivity index (χ4v) is 2.61. The summed E-state index contributed by atoms with van der Waals surface area (Å²) in [5.74, 6) is 0.882. The van der Waals surface area contributed by atoms with Gasteiger partial charge in [-0.3, -0.25) is 0 Å². The lowest BCUT2D eigenvalue weighted by Gasteiger charge is -2.10. The van der Waals surface area contributed by atoms with E-state index in [1.54, 1.807) is 7.11 Å². The van der Waals surface area contributed by atoms with E-state index < -0.39 is 0 Å². The van der Waals surface area contributed by atoms with Gasteiger partial charge in [0, 0.05) is 0 Å². The van der Waals surface area contributed by atoms with Crippen LogP contribution in [0.25, 0.3) is 11.6 Å². The second-order valence-corrected chi connectivity index (χ2v) is 5.47. The van der Waals surface area contributed by atoms with Crippen molar-refractivity contribution in [2.75, 3.05) is 7.11 Å². The lowest BCUT2D eigenvalue weighted by Crippen LogP contribution is -1.92. The first-order valence-corrected chi connectivity index (χ1v) is 7.79. The first-order chi connectivity index (χ1) is 11.3. The number of allylic oxidation sites excluding steroid dienone is 1. The SMILES string of the molecule is COc1ccc(/C(=C\c2ccccc2)Cc2ccccc2)cc1. The molecule has 3 aromatic rings. The topological polar surface area (TPSA) is 9.23 Å². The van der Waals surface area contributed by atoms with Crippen LogP contribution in [-0.4, -0.2) is 7.11 Å². The van der Waals surface area contributed by atoms with Crippen LogP contribution in [0.1, 0.15) is 16.7 Å². The Balaban J connectivity index is 1.97. The summed E-state index contributed by atoms with van der Waals surface area (Å²) in [5, 5.41) is 0. The average Bonchev–Trinajstić information content (AvgIpc) is 2.63. The van der Waals surface area contributed by atoms with Gasteiger partial charge in [-0.15, -0.1) is 0 Å². The van der Waals surface area contributed by atoms with Crippen molar-refractivity contribution < 1.29 is 4.74 Å². The van der Waals surface area contributed by atoms with Gasteiger partial charge in [0.25, 0.3) is 0 Å². The molecule has 23 heavy (non-hydrogen) atoms. The van der Waals surface area contributed by atoms with E-state index in [1.165, 1.54) is 22.3 Å². The van der Waals surface area contributed by atoms with Gasteiger partial charge in [-0.25, -0.2) is 0 Å². The third-order valence-corrected chi connectivity index (χ3v) is 3.84. The molecule has 0 atom stereocenters. The summed E-state index contributed by atoms with van der Waals surface area (Å²) >= 11 is 0. The van der Waals surface area contributed by atoms with Crippen molar-refractivity contribution in [1.29, 1.82) is 0 Å². The molecule has 0 fully saturated rings. The van der Waals surface area contributed by atoms with Crippen molar-refractivity contribution in [2.45, 2.75) is 6.42 Å². The molecule has 0 aromatic heterocycles. The van der Waals surface area contributed by atoms with Gasteiger partial charge in [0.1, 0.15) is 5.75 Å². The Kier molecular flexibility index (Phi) is 4.90. The molecule has 3 rings (SSSR count). The lowest BCUT2D eigenvalue weighted by atomic mass is 9.96. The maximum absolute atomic E-state index is 5.27. The van der Waals surface area contributed by atoms with Crippen LogP contribution in [0.3, 0.4) is 0 Å². The number of rotatable bonds is 5. The molecule has 0 spiro atoms. The largest absolute Gasteiger partial charge is 0.497 e. The maximum Gasteiger partial charge on any atom is 0.118 e. The summed E-state index contributed by atoms with van der Waals surface area (Å²) < 4.78 is 5.27. The highest BCUT2D eigenvalue weighted by Gasteiger charge is 2.04. The minimum atomic E-state index is 0.882.